The number of nitrogens with zero attached hydrogens (tertiary/aromatic N) is 1. The lowest BCUT2D eigenvalue weighted by Gasteiger charge is -2.23. The van der Waals surface area contributed by atoms with E-state index in [1.807, 2.05) is 0 Å². The van der Waals surface area contributed by atoms with E-state index in [1.54, 1.807) is 24.3 Å². The molecule has 0 fully saturated rings. The molecule has 0 bridgehead atoms. The van der Waals surface area contributed by atoms with E-state index < -0.39 is 0 Å². The van der Waals surface area contributed by atoms with E-state index in [1.165, 1.54) is 6.20 Å². The molecule has 3 rings (SSSR count). The summed E-state index contributed by atoms with van der Waals surface area (Å²) in [5, 5.41) is 6.23. The Morgan fingerprint density at radius 2 is 1.46 bits per heavy atom. The zero-order valence-electron chi connectivity index (χ0n) is 13.1. The van der Waals surface area contributed by atoms with Crippen molar-refractivity contribution in [3.8, 4) is 0 Å². The zero-order chi connectivity index (χ0) is 17.1. The molecule has 2 aromatic rings. The minimum atomic E-state index is -0.267. The summed E-state index contributed by atoms with van der Waals surface area (Å²) in [6, 6.07) is 6.82. The number of carbonyl (C=O) groups excluding carboxylic acids is 2. The summed E-state index contributed by atoms with van der Waals surface area (Å²) in [6.07, 6.45) is 1.51. The molecule has 1 aliphatic rings. The first-order chi connectivity index (χ1) is 11.7. The van der Waals surface area contributed by atoms with Gasteiger partial charge in [-0.3, -0.25) is 14.6 Å². The Morgan fingerprint density at radius 3 is 2.04 bits per heavy atom. The Balaban J connectivity index is 2.18. The molecule has 0 unspecified atom stereocenters. The fraction of sp³-hybridized carbons (Fsp3) is 0.235. The number of ketones is 2. The van der Waals surface area contributed by atoms with Crippen LogP contribution in [0.25, 0.3) is 0 Å². The maximum absolute atomic E-state index is 12.9. The molecule has 0 aliphatic heterocycles. The highest BCUT2D eigenvalue weighted by Crippen LogP contribution is 2.35. The van der Waals surface area contributed by atoms with Crippen molar-refractivity contribution >= 4 is 22.9 Å². The number of rotatable bonds is 6. The second kappa shape index (κ2) is 6.77. The topological polar surface area (TPSA) is 123 Å². The van der Waals surface area contributed by atoms with Gasteiger partial charge >= 0.3 is 0 Å². The molecular formula is C17H19N5O2. The number of benzene rings is 1. The third-order valence-corrected chi connectivity index (χ3v) is 3.85. The lowest BCUT2D eigenvalue weighted by molar-refractivity contribution is 0.0976. The van der Waals surface area contributed by atoms with Crippen LogP contribution in [-0.2, 0) is 0 Å². The van der Waals surface area contributed by atoms with Crippen molar-refractivity contribution in [2.45, 2.75) is 0 Å². The molecule has 0 saturated carbocycles. The molecule has 1 heterocycles. The van der Waals surface area contributed by atoms with Crippen LogP contribution in [0.1, 0.15) is 32.0 Å². The molecule has 0 spiro atoms. The quantitative estimate of drug-likeness (QED) is 0.523. The van der Waals surface area contributed by atoms with E-state index >= 15 is 0 Å². The van der Waals surface area contributed by atoms with Gasteiger partial charge in [-0.1, -0.05) is 0 Å². The van der Waals surface area contributed by atoms with Crippen LogP contribution in [0.4, 0.5) is 11.4 Å². The Kier molecular flexibility index (Phi) is 4.54. The number of pyridine rings is 1. The molecule has 0 saturated heterocycles. The van der Waals surface area contributed by atoms with Crippen LogP contribution in [-0.4, -0.2) is 42.7 Å². The number of fused-ring (bicyclic) bond motifs is 2. The predicted molar refractivity (Wildman–Crippen MR) is 92.6 cm³/mol. The van der Waals surface area contributed by atoms with Gasteiger partial charge < -0.3 is 22.1 Å². The Morgan fingerprint density at radius 1 is 0.875 bits per heavy atom. The summed E-state index contributed by atoms with van der Waals surface area (Å²) in [7, 11) is 0. The van der Waals surface area contributed by atoms with Crippen LogP contribution in [0.5, 0.6) is 0 Å². The SMILES string of the molecule is NCCNc1ccc(NCCN)c2c1C(=O)c1cccnc1C2=O. The summed E-state index contributed by atoms with van der Waals surface area (Å²) in [5.41, 5.74) is 13.5. The van der Waals surface area contributed by atoms with Gasteiger partial charge in [-0.2, -0.15) is 0 Å². The normalized spacial score (nSPS) is 12.6. The molecule has 1 aliphatic carbocycles. The number of nitrogens with two attached hydrogens (primary N) is 2. The highest BCUT2D eigenvalue weighted by atomic mass is 16.1. The molecule has 6 N–H and O–H groups in total. The average Bonchev–Trinajstić information content (AvgIpc) is 2.62. The van der Waals surface area contributed by atoms with Gasteiger partial charge in [0.05, 0.1) is 16.7 Å². The molecule has 1 aromatic heterocycles. The minimum absolute atomic E-state index is 0.182. The smallest absolute Gasteiger partial charge is 0.215 e. The molecule has 124 valence electrons. The fourth-order valence-corrected chi connectivity index (χ4v) is 2.81. The van der Waals surface area contributed by atoms with Crippen molar-refractivity contribution in [2.75, 3.05) is 36.8 Å². The van der Waals surface area contributed by atoms with Crippen molar-refractivity contribution in [3.05, 3.63) is 52.8 Å². The van der Waals surface area contributed by atoms with Crippen molar-refractivity contribution in [2.24, 2.45) is 11.5 Å². The predicted octanol–water partition coefficient (Wildman–Crippen LogP) is 0.598. The Labute approximate surface area is 139 Å². The molecule has 7 heteroatoms. The molecular weight excluding hydrogens is 306 g/mol. The van der Waals surface area contributed by atoms with E-state index in [9.17, 15) is 9.59 Å². The van der Waals surface area contributed by atoms with Crippen molar-refractivity contribution in [3.63, 3.8) is 0 Å². The van der Waals surface area contributed by atoms with E-state index in [4.69, 9.17) is 11.5 Å². The number of hydrogen-bond acceptors (Lipinski definition) is 7. The molecule has 1 aromatic carbocycles. The van der Waals surface area contributed by atoms with Crippen LogP contribution in [0.3, 0.4) is 0 Å². The molecule has 0 atom stereocenters. The first-order valence-corrected chi connectivity index (χ1v) is 7.78. The van der Waals surface area contributed by atoms with Crippen LogP contribution in [0, 0.1) is 0 Å². The van der Waals surface area contributed by atoms with Gasteiger partial charge in [0.25, 0.3) is 0 Å². The van der Waals surface area contributed by atoms with Gasteiger partial charge in [0.1, 0.15) is 5.69 Å². The second-order valence-electron chi connectivity index (χ2n) is 5.40. The first-order valence-electron chi connectivity index (χ1n) is 7.78. The summed E-state index contributed by atoms with van der Waals surface area (Å²) in [4.78, 5) is 30.0. The third kappa shape index (κ3) is 2.64. The summed E-state index contributed by atoms with van der Waals surface area (Å²) in [5.74, 6) is -0.486. The lowest BCUT2D eigenvalue weighted by atomic mass is 9.84. The Bertz CT molecular complexity index is 738. The van der Waals surface area contributed by atoms with Crippen molar-refractivity contribution in [1.29, 1.82) is 0 Å². The monoisotopic (exact) mass is 325 g/mol. The van der Waals surface area contributed by atoms with Gasteiger partial charge in [-0.05, 0) is 24.3 Å². The number of hydrogen-bond donors (Lipinski definition) is 4. The van der Waals surface area contributed by atoms with E-state index in [-0.39, 0.29) is 17.3 Å². The number of nitrogens with one attached hydrogen (secondary N) is 2. The third-order valence-electron chi connectivity index (χ3n) is 3.85. The lowest BCUT2D eigenvalue weighted by Crippen LogP contribution is -2.26. The molecule has 0 radical (unpaired) electrons. The van der Waals surface area contributed by atoms with Gasteiger partial charge in [0.2, 0.25) is 5.78 Å². The van der Waals surface area contributed by atoms with E-state index in [2.05, 4.69) is 15.6 Å². The summed E-state index contributed by atoms with van der Waals surface area (Å²) in [6.45, 7) is 1.84. The number of anilines is 2. The average molecular weight is 325 g/mol. The number of aromatic nitrogens is 1. The summed E-state index contributed by atoms with van der Waals surface area (Å²) >= 11 is 0. The molecule has 7 nitrogen and oxygen atoms in total. The van der Waals surface area contributed by atoms with Gasteiger partial charge in [0.15, 0.2) is 5.78 Å². The second-order valence-corrected chi connectivity index (χ2v) is 5.40. The van der Waals surface area contributed by atoms with E-state index in [0.717, 1.165) is 0 Å². The van der Waals surface area contributed by atoms with Gasteiger partial charge in [-0.25, -0.2) is 0 Å². The molecule has 0 amide bonds. The van der Waals surface area contributed by atoms with Gasteiger partial charge in [-0.15, -0.1) is 0 Å². The zero-order valence-corrected chi connectivity index (χ0v) is 13.1. The highest BCUT2D eigenvalue weighted by Gasteiger charge is 2.34. The highest BCUT2D eigenvalue weighted by molar-refractivity contribution is 6.31. The largest absolute Gasteiger partial charge is 0.383 e. The fourth-order valence-electron chi connectivity index (χ4n) is 2.81. The number of carbonyl (C=O) groups is 2. The van der Waals surface area contributed by atoms with Crippen molar-refractivity contribution in [1.82, 2.24) is 4.98 Å². The first kappa shape index (κ1) is 16.1. The van der Waals surface area contributed by atoms with Crippen LogP contribution >= 0.6 is 0 Å². The maximum Gasteiger partial charge on any atom is 0.215 e. The van der Waals surface area contributed by atoms with E-state index in [0.29, 0.717) is 54.2 Å². The Hall–Kier alpha value is -2.77. The van der Waals surface area contributed by atoms with Crippen LogP contribution in [0.2, 0.25) is 0 Å². The summed E-state index contributed by atoms with van der Waals surface area (Å²) < 4.78 is 0. The van der Waals surface area contributed by atoms with Crippen molar-refractivity contribution < 1.29 is 9.59 Å². The van der Waals surface area contributed by atoms with Gasteiger partial charge in [0, 0.05) is 43.8 Å². The minimum Gasteiger partial charge on any atom is -0.383 e. The van der Waals surface area contributed by atoms with Crippen LogP contribution < -0.4 is 22.1 Å². The molecule has 24 heavy (non-hydrogen) atoms. The maximum atomic E-state index is 12.9. The standard InChI is InChI=1S/C17H19N5O2/c18-5-8-20-11-3-4-12(21-9-6-19)14-13(11)16(23)10-2-1-7-22-15(10)17(14)24/h1-4,7,20-21H,5-6,8-9,18-19H2. The van der Waals surface area contributed by atoms with Crippen LogP contribution in [0.15, 0.2) is 30.5 Å².